The van der Waals surface area contributed by atoms with Gasteiger partial charge in [0.05, 0.1) is 5.69 Å². The maximum Gasteiger partial charge on any atom is 0.331 e. The Balaban J connectivity index is 0.000000273. The number of isocyanates is 1. The molecule has 9 aromatic carbocycles. The second-order valence-corrected chi connectivity index (χ2v) is 29.8. The van der Waals surface area contributed by atoms with E-state index in [1.165, 1.54) is 47.3 Å². The molecule has 0 radical (unpaired) electrons. The Bertz CT molecular complexity index is 4550. The summed E-state index contributed by atoms with van der Waals surface area (Å²) < 4.78 is 42.0. The zero-order valence-electron chi connectivity index (χ0n) is 70.8. The first-order valence-electron chi connectivity index (χ1n) is 41.4. The molecule has 1 aromatic heterocycles. The van der Waals surface area contributed by atoms with Gasteiger partial charge in [-0.05, 0) is 254 Å². The third-order valence-electron chi connectivity index (χ3n) is 22.6. The van der Waals surface area contributed by atoms with Crippen LogP contribution in [0.4, 0.5) is 5.69 Å². The number of benzene rings is 9. The highest BCUT2D eigenvalue weighted by Gasteiger charge is 2.50. The molecule has 6 aliphatic carbocycles. The molecule has 0 aliphatic heterocycles. The van der Waals surface area contributed by atoms with Gasteiger partial charge in [0.1, 0.15) is 46.0 Å². The quantitative estimate of drug-likeness (QED) is 0.0439. The van der Waals surface area contributed by atoms with E-state index in [-0.39, 0.29) is 34.3 Å². The van der Waals surface area contributed by atoms with E-state index in [1.807, 2.05) is 219 Å². The summed E-state index contributed by atoms with van der Waals surface area (Å²) in [4.78, 5) is 27.9. The smallest absolute Gasteiger partial charge is 0.331 e. The van der Waals surface area contributed by atoms with Gasteiger partial charge in [-0.2, -0.15) is 4.99 Å². The second kappa shape index (κ2) is 47.9. The largest absolute Gasteiger partial charge is 0.424 e. The molecule has 118 heavy (non-hydrogen) atoms. The minimum absolute atomic E-state index is 0.0446. The van der Waals surface area contributed by atoms with Crippen LogP contribution in [0.3, 0.4) is 0 Å². The Labute approximate surface area is 699 Å². The number of nitrogens with zero attached hydrogens (tertiary/aromatic N) is 9. The van der Waals surface area contributed by atoms with Crippen molar-refractivity contribution in [2.24, 2.45) is 52.3 Å². The number of hydrogen-bond acceptors (Lipinski definition) is 18. The fraction of sp³-hybridized carbons (Fsp3) is 0.370. The van der Waals surface area contributed by atoms with Crippen LogP contribution in [0.25, 0.3) is 0 Å². The van der Waals surface area contributed by atoms with Crippen molar-refractivity contribution < 1.29 is 42.7 Å². The highest BCUT2D eigenvalue weighted by atomic mass is 16.5. The number of hydrogen-bond donors (Lipinski definition) is 0. The minimum Gasteiger partial charge on any atom is -0.424 e. The van der Waals surface area contributed by atoms with Gasteiger partial charge >= 0.3 is 18.0 Å². The van der Waals surface area contributed by atoms with Gasteiger partial charge in [-0.25, -0.2) is 4.79 Å². The SMILES string of the molecule is C1CC2C3CCC(C3)C2C1.C1CC2C3CCC(C3)C2C1.CC.CC.CC.CC.CC(C)(c1ccc(N=C=O)cc1)c1ccc(Oc2nc(Oc3ccc(C(C)(C)c4ccc(OC#N)cc4)cc3)nc(Oc3ccc(C(C)(C)c4ccc(OC#N)cc4)cc3)n2)cc1.N#COc1ccccc1.N#COc1ccccc1.N#COc1ccccc1. The molecule has 0 N–H and O–H groups in total. The van der Waals surface area contributed by atoms with Crippen molar-refractivity contribution in [3.63, 3.8) is 0 Å². The first-order chi connectivity index (χ1) is 57.5. The lowest BCUT2D eigenvalue weighted by molar-refractivity contribution is 0.259. The van der Waals surface area contributed by atoms with Crippen LogP contribution in [0.1, 0.15) is 207 Å². The normalized spacial score (nSPS) is 17.8. The Hall–Kier alpha value is -12.8. The van der Waals surface area contributed by atoms with E-state index in [2.05, 4.69) is 75.7 Å². The van der Waals surface area contributed by atoms with Crippen molar-refractivity contribution in [2.75, 3.05) is 0 Å². The van der Waals surface area contributed by atoms with E-state index in [9.17, 15) is 4.79 Å². The lowest BCUT2D eigenvalue weighted by Gasteiger charge is -2.26. The summed E-state index contributed by atoms with van der Waals surface area (Å²) in [6, 6.07) is 71.8. The van der Waals surface area contributed by atoms with Gasteiger partial charge in [0, 0.05) is 16.2 Å². The predicted octanol–water partition coefficient (Wildman–Crippen LogP) is 26.3. The fourth-order valence-corrected chi connectivity index (χ4v) is 16.7. The Morgan fingerprint density at radius 3 is 0.703 bits per heavy atom. The van der Waals surface area contributed by atoms with Gasteiger partial charge < -0.3 is 37.9 Å². The summed E-state index contributed by atoms with van der Waals surface area (Å²) in [5, 5.41) is 41.9. The van der Waals surface area contributed by atoms with Crippen LogP contribution in [0.5, 0.6) is 64.0 Å². The molecule has 18 nitrogen and oxygen atoms in total. The van der Waals surface area contributed by atoms with Crippen LogP contribution < -0.4 is 37.9 Å². The highest BCUT2D eigenvalue weighted by Crippen LogP contribution is 2.60. The highest BCUT2D eigenvalue weighted by molar-refractivity contribution is 5.52. The van der Waals surface area contributed by atoms with Crippen molar-refractivity contribution in [3.05, 3.63) is 270 Å². The predicted molar refractivity (Wildman–Crippen MR) is 462 cm³/mol. The van der Waals surface area contributed by atoms with Gasteiger partial charge in [0.2, 0.25) is 6.08 Å². The number of aromatic nitrogens is 3. The molecule has 18 heteroatoms. The molecule has 16 rings (SSSR count). The molecule has 0 saturated heterocycles. The maximum absolute atomic E-state index is 10.7. The Kier molecular flexibility index (Phi) is 37.5. The molecule has 0 spiro atoms. The monoisotopic (exact) mass is 1580 g/mol. The first kappa shape index (κ1) is 92.4. The third-order valence-corrected chi connectivity index (χ3v) is 22.6. The van der Waals surface area contributed by atoms with Gasteiger partial charge in [-0.1, -0.05) is 237 Å². The van der Waals surface area contributed by atoms with Crippen LogP contribution >= 0.6 is 0 Å². The average Bonchev–Trinajstić information content (AvgIpc) is 1.60. The molecule has 1 heterocycles. The maximum atomic E-state index is 10.7. The molecule has 10 aromatic rings. The average molecular weight is 1590 g/mol. The summed E-state index contributed by atoms with van der Waals surface area (Å²) in [7, 11) is 0. The van der Waals surface area contributed by atoms with Crippen molar-refractivity contribution >= 4 is 11.8 Å². The van der Waals surface area contributed by atoms with E-state index in [0.717, 1.165) is 33.4 Å². The van der Waals surface area contributed by atoms with Crippen molar-refractivity contribution in [1.82, 2.24) is 15.0 Å². The fourth-order valence-electron chi connectivity index (χ4n) is 16.7. The molecular formula is C100H113N9O9. The molecule has 6 fully saturated rings. The zero-order valence-corrected chi connectivity index (χ0v) is 70.8. The third kappa shape index (κ3) is 26.1. The standard InChI is InChI=1S/C51H42N6O6.2C10H16.3C7H5NO.4C2H6/c1-49(2,34-7-19-40(20-8-34)54-33-58)37-13-25-43(26-14-37)61-46-55-47(62-44-27-15-38(16-28-44)50(3,4)35-9-21-41(22-10-35)59-31-52)57-48(56-46)63-45-29-17-39(18-30-45)51(5,6)36-11-23-42(24-12-36)60-32-53;2*1-2-9-7-4-5-8(6-7)10(9)3-1;3*8-6-9-7-4-2-1-3-5-7;4*1-2/h7-30H,1-6H3;2*7-10H,1-6H2;3*1-5H;4*1-2H3. The van der Waals surface area contributed by atoms with E-state index in [0.29, 0.717) is 51.7 Å². The van der Waals surface area contributed by atoms with E-state index >= 15 is 0 Å². The van der Waals surface area contributed by atoms with Gasteiger partial charge in [0.25, 0.3) is 31.3 Å². The number of ether oxygens (including phenoxy) is 8. The van der Waals surface area contributed by atoms with Gasteiger partial charge in [-0.3, -0.25) is 0 Å². The number of nitriles is 5. The summed E-state index contributed by atoms with van der Waals surface area (Å²) in [6.45, 7) is 28.6. The first-order valence-corrected chi connectivity index (χ1v) is 41.4. The molecule has 4 bridgehead atoms. The summed E-state index contributed by atoms with van der Waals surface area (Å²) >= 11 is 0. The van der Waals surface area contributed by atoms with Crippen LogP contribution in [0.2, 0.25) is 0 Å². The van der Waals surface area contributed by atoms with Crippen LogP contribution in [-0.2, 0) is 21.0 Å². The van der Waals surface area contributed by atoms with Gasteiger partial charge in [0.15, 0.2) is 0 Å². The van der Waals surface area contributed by atoms with E-state index in [1.54, 1.807) is 187 Å². The number of aliphatic imine (C=N–C) groups is 1. The summed E-state index contributed by atoms with van der Waals surface area (Å²) in [5.74, 6) is 13.7. The Morgan fingerprint density at radius 1 is 0.288 bits per heavy atom. The van der Waals surface area contributed by atoms with Crippen molar-refractivity contribution in [1.29, 1.82) is 26.3 Å². The lowest BCUT2D eigenvalue weighted by Crippen LogP contribution is -2.18. The molecular weight excluding hydrogens is 1470 g/mol. The lowest BCUT2D eigenvalue weighted by atomic mass is 9.78. The topological polar surface area (TPSA) is 261 Å². The van der Waals surface area contributed by atoms with Crippen LogP contribution in [0, 0.1) is 105 Å². The molecule has 8 atom stereocenters. The summed E-state index contributed by atoms with van der Waals surface area (Å²) in [5.41, 5.74) is 5.62. The molecule has 8 unspecified atom stereocenters. The zero-order chi connectivity index (χ0) is 85.3. The molecule has 6 saturated carbocycles. The Morgan fingerprint density at radius 2 is 0.492 bits per heavy atom. The van der Waals surface area contributed by atoms with Crippen LogP contribution in [0.15, 0.2) is 242 Å². The van der Waals surface area contributed by atoms with Crippen molar-refractivity contribution in [3.8, 4) is 95.3 Å². The minimum atomic E-state index is -0.373. The van der Waals surface area contributed by atoms with E-state index in [4.69, 9.17) is 50.0 Å². The van der Waals surface area contributed by atoms with Gasteiger partial charge in [-0.15, -0.1) is 41.3 Å². The molecule has 6 aliphatic rings. The molecule has 612 valence electrons. The van der Waals surface area contributed by atoms with Crippen molar-refractivity contribution in [2.45, 2.75) is 190 Å². The number of carbonyl (C=O) groups excluding carboxylic acids is 1. The van der Waals surface area contributed by atoms with Crippen LogP contribution in [-0.4, -0.2) is 21.0 Å². The number of fused-ring (bicyclic) bond motifs is 10. The summed E-state index contributed by atoms with van der Waals surface area (Å²) in [6.07, 6.45) is 28.8. The molecule has 0 amide bonds. The second-order valence-electron chi connectivity index (χ2n) is 29.8. The number of rotatable bonds is 18. The van der Waals surface area contributed by atoms with E-state index < -0.39 is 0 Å². The number of para-hydroxylation sites is 3.